The summed E-state index contributed by atoms with van der Waals surface area (Å²) in [4.78, 5) is 0. The predicted molar refractivity (Wildman–Crippen MR) is 115 cm³/mol. The van der Waals surface area contributed by atoms with Gasteiger partial charge in [0, 0.05) is 5.57 Å². The maximum Gasteiger partial charge on any atom is 0.0317 e. The van der Waals surface area contributed by atoms with Crippen molar-refractivity contribution in [2.75, 3.05) is 0 Å². The highest BCUT2D eigenvalue weighted by Crippen LogP contribution is 2.22. The van der Waals surface area contributed by atoms with Gasteiger partial charge in [0.15, 0.2) is 0 Å². The SMILES string of the molecule is C#C\C(=C/C(C)=C/C=C\CCC)c1ccc2ccccc2c1.CCC. The third-order valence-electron chi connectivity index (χ3n) is 3.54. The fourth-order valence-electron chi connectivity index (χ4n) is 2.32. The molecule has 0 aromatic heterocycles. The standard InChI is InChI=1S/C22H22.C3H8/c1-4-6-7-8-11-18(3)16-19(5-2)22-15-14-20-12-9-10-13-21(20)17-22;1-3-2/h2,7-17H,4,6H2,1,3H3;3H2,1-2H3/b8-7-,18-11+,19-16+;. The van der Waals surface area contributed by atoms with Crippen LogP contribution in [0, 0.1) is 12.3 Å². The summed E-state index contributed by atoms with van der Waals surface area (Å²) >= 11 is 0. The van der Waals surface area contributed by atoms with Crippen LogP contribution in [-0.2, 0) is 0 Å². The number of benzene rings is 2. The molecular formula is C25H30. The quantitative estimate of drug-likeness (QED) is 0.391. The van der Waals surface area contributed by atoms with Gasteiger partial charge in [-0.05, 0) is 47.4 Å². The molecule has 0 atom stereocenters. The average molecular weight is 331 g/mol. The van der Waals surface area contributed by atoms with E-state index in [1.807, 2.05) is 0 Å². The molecule has 2 aromatic carbocycles. The second-order valence-corrected chi connectivity index (χ2v) is 6.10. The number of hydrogen-bond donors (Lipinski definition) is 0. The monoisotopic (exact) mass is 330 g/mol. The molecule has 0 fully saturated rings. The molecule has 0 heteroatoms. The van der Waals surface area contributed by atoms with E-state index in [0.717, 1.165) is 23.1 Å². The van der Waals surface area contributed by atoms with Crippen LogP contribution >= 0.6 is 0 Å². The molecule has 0 spiro atoms. The minimum absolute atomic E-state index is 0.920. The number of fused-ring (bicyclic) bond motifs is 1. The fourth-order valence-corrected chi connectivity index (χ4v) is 2.32. The van der Waals surface area contributed by atoms with E-state index in [1.54, 1.807) is 0 Å². The van der Waals surface area contributed by atoms with E-state index in [2.05, 4.69) is 100 Å². The van der Waals surface area contributed by atoms with Crippen molar-refractivity contribution in [3.63, 3.8) is 0 Å². The summed E-state index contributed by atoms with van der Waals surface area (Å²) in [5.41, 5.74) is 3.17. The molecule has 0 aliphatic rings. The third-order valence-corrected chi connectivity index (χ3v) is 3.54. The van der Waals surface area contributed by atoms with Gasteiger partial charge in [-0.3, -0.25) is 0 Å². The molecular weight excluding hydrogens is 300 g/mol. The highest BCUT2D eigenvalue weighted by molar-refractivity contribution is 5.89. The zero-order chi connectivity index (χ0) is 18.5. The van der Waals surface area contributed by atoms with Crippen LogP contribution in [0.15, 0.2) is 72.3 Å². The summed E-state index contributed by atoms with van der Waals surface area (Å²) < 4.78 is 0. The summed E-state index contributed by atoms with van der Waals surface area (Å²) in [6, 6.07) is 14.7. The van der Waals surface area contributed by atoms with Crippen LogP contribution < -0.4 is 0 Å². The predicted octanol–water partition coefficient (Wildman–Crippen LogP) is 7.58. The zero-order valence-corrected chi connectivity index (χ0v) is 16.0. The minimum Gasteiger partial charge on any atom is -0.115 e. The highest BCUT2D eigenvalue weighted by atomic mass is 14.0. The Bertz CT molecular complexity index is 779. The van der Waals surface area contributed by atoms with Crippen LogP contribution in [0.5, 0.6) is 0 Å². The van der Waals surface area contributed by atoms with Crippen LogP contribution in [0.4, 0.5) is 0 Å². The van der Waals surface area contributed by atoms with Gasteiger partial charge >= 0.3 is 0 Å². The Labute approximate surface area is 154 Å². The number of rotatable bonds is 5. The van der Waals surface area contributed by atoms with Gasteiger partial charge in [-0.1, -0.05) is 94.2 Å². The van der Waals surface area contributed by atoms with Crippen molar-refractivity contribution in [3.8, 4) is 12.3 Å². The number of hydrogen-bond acceptors (Lipinski definition) is 0. The lowest BCUT2D eigenvalue weighted by Crippen LogP contribution is -1.83. The summed E-state index contributed by atoms with van der Waals surface area (Å²) in [6.45, 7) is 8.51. The lowest BCUT2D eigenvalue weighted by atomic mass is 10.00. The maximum absolute atomic E-state index is 5.71. The first kappa shape index (κ1) is 20.5. The van der Waals surface area contributed by atoms with E-state index >= 15 is 0 Å². The van der Waals surface area contributed by atoms with Crippen molar-refractivity contribution in [1.82, 2.24) is 0 Å². The Morgan fingerprint density at radius 2 is 1.72 bits per heavy atom. The van der Waals surface area contributed by atoms with E-state index in [4.69, 9.17) is 6.42 Å². The van der Waals surface area contributed by atoms with E-state index in [-0.39, 0.29) is 0 Å². The number of unbranched alkanes of at least 4 members (excludes halogenated alkanes) is 1. The molecule has 2 aromatic rings. The van der Waals surface area contributed by atoms with Crippen molar-refractivity contribution in [3.05, 3.63) is 77.9 Å². The molecule has 0 amide bonds. The molecule has 0 saturated carbocycles. The Morgan fingerprint density at radius 3 is 2.36 bits per heavy atom. The van der Waals surface area contributed by atoms with Crippen LogP contribution in [0.3, 0.4) is 0 Å². The lowest BCUT2D eigenvalue weighted by Gasteiger charge is -2.04. The molecule has 0 bridgehead atoms. The van der Waals surface area contributed by atoms with E-state index < -0.39 is 0 Å². The second-order valence-electron chi connectivity index (χ2n) is 6.10. The highest BCUT2D eigenvalue weighted by Gasteiger charge is 2.00. The largest absolute Gasteiger partial charge is 0.115 e. The van der Waals surface area contributed by atoms with Crippen molar-refractivity contribution >= 4 is 16.3 Å². The van der Waals surface area contributed by atoms with Gasteiger partial charge < -0.3 is 0 Å². The van der Waals surface area contributed by atoms with Gasteiger partial charge in [-0.25, -0.2) is 0 Å². The van der Waals surface area contributed by atoms with Crippen molar-refractivity contribution in [2.24, 2.45) is 0 Å². The van der Waals surface area contributed by atoms with Gasteiger partial charge in [-0.2, -0.15) is 0 Å². The number of allylic oxidation sites excluding steroid dienone is 6. The van der Waals surface area contributed by atoms with Gasteiger partial charge in [0.05, 0.1) is 0 Å². The normalized spacial score (nSPS) is 12.0. The molecule has 0 saturated heterocycles. The summed E-state index contributed by atoms with van der Waals surface area (Å²) in [5, 5.41) is 2.45. The first-order valence-electron chi connectivity index (χ1n) is 9.17. The minimum atomic E-state index is 0.920. The second kappa shape index (κ2) is 11.9. The fraction of sp³-hybridized carbons (Fsp3) is 0.280. The van der Waals surface area contributed by atoms with Crippen molar-refractivity contribution < 1.29 is 0 Å². The Balaban J connectivity index is 0.000000970. The molecule has 0 aliphatic carbocycles. The molecule has 2 rings (SSSR count). The average Bonchev–Trinajstić information content (AvgIpc) is 2.63. The van der Waals surface area contributed by atoms with Gasteiger partial charge in [0.2, 0.25) is 0 Å². The van der Waals surface area contributed by atoms with Gasteiger partial charge in [0.1, 0.15) is 0 Å². The molecule has 0 radical (unpaired) electrons. The van der Waals surface area contributed by atoms with Crippen molar-refractivity contribution in [1.29, 1.82) is 0 Å². The maximum atomic E-state index is 5.71. The Hall–Kier alpha value is -2.52. The summed E-state index contributed by atoms with van der Waals surface area (Å²) in [7, 11) is 0. The first-order valence-corrected chi connectivity index (χ1v) is 9.17. The van der Waals surface area contributed by atoms with Crippen LogP contribution in [0.2, 0.25) is 0 Å². The lowest BCUT2D eigenvalue weighted by molar-refractivity contribution is 0.959. The molecule has 0 N–H and O–H groups in total. The molecule has 0 heterocycles. The first-order chi connectivity index (χ1) is 12.2. The Kier molecular flexibility index (Phi) is 9.79. The molecule has 25 heavy (non-hydrogen) atoms. The zero-order valence-electron chi connectivity index (χ0n) is 16.0. The third kappa shape index (κ3) is 7.27. The van der Waals surface area contributed by atoms with E-state index in [9.17, 15) is 0 Å². The van der Waals surface area contributed by atoms with Crippen LogP contribution in [-0.4, -0.2) is 0 Å². The summed E-state index contributed by atoms with van der Waals surface area (Å²) in [6.07, 6.45) is 17.7. The van der Waals surface area contributed by atoms with E-state index in [1.165, 1.54) is 23.6 Å². The van der Waals surface area contributed by atoms with Crippen molar-refractivity contribution in [2.45, 2.75) is 47.0 Å². The number of terminal acetylenes is 1. The topological polar surface area (TPSA) is 0 Å². The van der Waals surface area contributed by atoms with Gasteiger partial charge in [0.25, 0.3) is 0 Å². The molecule has 0 unspecified atom stereocenters. The van der Waals surface area contributed by atoms with Crippen LogP contribution in [0.1, 0.15) is 52.5 Å². The molecule has 0 nitrogen and oxygen atoms in total. The Morgan fingerprint density at radius 1 is 1.04 bits per heavy atom. The van der Waals surface area contributed by atoms with Crippen LogP contribution in [0.25, 0.3) is 16.3 Å². The van der Waals surface area contributed by atoms with E-state index in [0.29, 0.717) is 0 Å². The molecule has 0 aliphatic heterocycles. The smallest absolute Gasteiger partial charge is 0.0317 e. The molecule has 130 valence electrons. The summed E-state index contributed by atoms with van der Waals surface area (Å²) in [5.74, 6) is 2.81. The van der Waals surface area contributed by atoms with Gasteiger partial charge in [-0.15, -0.1) is 6.42 Å².